The van der Waals surface area contributed by atoms with Crippen molar-refractivity contribution in [3.63, 3.8) is 0 Å². The van der Waals surface area contributed by atoms with Crippen molar-refractivity contribution >= 4 is 41.0 Å². The number of thioether (sulfide) groups is 2. The molecule has 0 saturated carbocycles. The number of halogens is 1. The van der Waals surface area contributed by atoms with Gasteiger partial charge in [0.2, 0.25) is 5.91 Å². The summed E-state index contributed by atoms with van der Waals surface area (Å²) >= 11 is 9.63. The van der Waals surface area contributed by atoms with Gasteiger partial charge < -0.3 is 5.32 Å². The lowest BCUT2D eigenvalue weighted by atomic mass is 10.0. The van der Waals surface area contributed by atoms with Gasteiger partial charge in [0.05, 0.1) is 11.8 Å². The standard InChI is InChI=1S/C19H20ClNOS2/c20-15-6-7-18-16(12-15)17(9-11-24-18)21-19(22)13-23-10-8-14-4-2-1-3-5-14/h1-7,12,17H,8-11,13H2,(H,21,22). The van der Waals surface area contributed by atoms with Crippen molar-refractivity contribution in [2.45, 2.75) is 23.8 Å². The van der Waals surface area contributed by atoms with Crippen LogP contribution >= 0.6 is 35.1 Å². The maximum atomic E-state index is 12.2. The van der Waals surface area contributed by atoms with Gasteiger partial charge in [0.25, 0.3) is 0 Å². The van der Waals surface area contributed by atoms with Crippen LogP contribution in [0.25, 0.3) is 0 Å². The Morgan fingerprint density at radius 1 is 1.25 bits per heavy atom. The van der Waals surface area contributed by atoms with Crippen molar-refractivity contribution in [3.8, 4) is 0 Å². The monoisotopic (exact) mass is 377 g/mol. The van der Waals surface area contributed by atoms with Gasteiger partial charge in [-0.3, -0.25) is 4.79 Å². The van der Waals surface area contributed by atoms with E-state index < -0.39 is 0 Å². The topological polar surface area (TPSA) is 29.1 Å². The van der Waals surface area contributed by atoms with Crippen LogP contribution in [0.1, 0.15) is 23.6 Å². The van der Waals surface area contributed by atoms with Crippen LogP contribution < -0.4 is 5.32 Å². The summed E-state index contributed by atoms with van der Waals surface area (Å²) in [6.45, 7) is 0. The summed E-state index contributed by atoms with van der Waals surface area (Å²) in [4.78, 5) is 13.5. The first kappa shape index (κ1) is 17.7. The number of hydrogen-bond acceptors (Lipinski definition) is 3. The summed E-state index contributed by atoms with van der Waals surface area (Å²) in [6, 6.07) is 16.4. The predicted molar refractivity (Wildman–Crippen MR) is 105 cm³/mol. The predicted octanol–water partition coefficient (Wildman–Crippen LogP) is 4.97. The molecular weight excluding hydrogens is 358 g/mol. The van der Waals surface area contributed by atoms with Crippen LogP contribution in [0.2, 0.25) is 5.02 Å². The quantitative estimate of drug-likeness (QED) is 0.720. The Morgan fingerprint density at radius 2 is 2.08 bits per heavy atom. The van der Waals surface area contributed by atoms with Gasteiger partial charge in [-0.25, -0.2) is 0 Å². The Balaban J connectivity index is 1.47. The maximum absolute atomic E-state index is 12.2. The second-order valence-electron chi connectivity index (χ2n) is 5.73. The number of fused-ring (bicyclic) bond motifs is 1. The molecule has 0 bridgehead atoms. The van der Waals surface area contributed by atoms with Gasteiger partial charge in [-0.2, -0.15) is 11.8 Å². The smallest absolute Gasteiger partial charge is 0.230 e. The van der Waals surface area contributed by atoms with Crippen LogP contribution in [0.3, 0.4) is 0 Å². The Labute approximate surface area is 156 Å². The number of carbonyl (C=O) groups excluding carboxylic acids is 1. The lowest BCUT2D eigenvalue weighted by molar-refractivity contribution is -0.119. The average molecular weight is 378 g/mol. The van der Waals surface area contributed by atoms with Gasteiger partial charge in [0, 0.05) is 15.7 Å². The van der Waals surface area contributed by atoms with E-state index in [0.29, 0.717) is 5.75 Å². The van der Waals surface area contributed by atoms with Gasteiger partial charge >= 0.3 is 0 Å². The number of nitrogens with one attached hydrogen (secondary N) is 1. The SMILES string of the molecule is O=C(CSCCc1ccccc1)NC1CCSc2ccc(Cl)cc21. The number of amides is 1. The second kappa shape index (κ2) is 8.84. The highest BCUT2D eigenvalue weighted by molar-refractivity contribution is 8.00. The lowest BCUT2D eigenvalue weighted by Gasteiger charge is -2.26. The Bertz CT molecular complexity index is 693. The van der Waals surface area contributed by atoms with E-state index in [4.69, 9.17) is 11.6 Å². The molecule has 1 N–H and O–H groups in total. The summed E-state index contributed by atoms with van der Waals surface area (Å²) in [5.41, 5.74) is 2.47. The number of aryl methyl sites for hydroxylation is 1. The molecule has 0 fully saturated rings. The molecule has 1 aliphatic rings. The zero-order chi connectivity index (χ0) is 16.8. The highest BCUT2D eigenvalue weighted by Crippen LogP contribution is 2.37. The molecule has 1 unspecified atom stereocenters. The third kappa shape index (κ3) is 4.95. The zero-order valence-electron chi connectivity index (χ0n) is 13.3. The molecule has 0 saturated heterocycles. The van der Waals surface area contributed by atoms with Gasteiger partial charge in [0.15, 0.2) is 0 Å². The summed E-state index contributed by atoms with van der Waals surface area (Å²) in [5.74, 6) is 2.60. The van der Waals surface area contributed by atoms with Crippen molar-refractivity contribution < 1.29 is 4.79 Å². The highest BCUT2D eigenvalue weighted by Gasteiger charge is 2.22. The number of hydrogen-bond donors (Lipinski definition) is 1. The number of benzene rings is 2. The fourth-order valence-corrected chi connectivity index (χ4v) is 4.83. The van der Waals surface area contributed by atoms with E-state index in [2.05, 4.69) is 35.6 Å². The Morgan fingerprint density at radius 3 is 2.92 bits per heavy atom. The van der Waals surface area contributed by atoms with Gasteiger partial charge in [0.1, 0.15) is 0 Å². The van der Waals surface area contributed by atoms with Crippen molar-refractivity contribution in [1.29, 1.82) is 0 Å². The van der Waals surface area contributed by atoms with Gasteiger partial charge in [-0.1, -0.05) is 41.9 Å². The van der Waals surface area contributed by atoms with Crippen molar-refractivity contribution in [2.24, 2.45) is 0 Å². The third-order valence-corrected chi connectivity index (χ3v) is 6.27. The Hall–Kier alpha value is -1.10. The number of carbonyl (C=O) groups is 1. The molecule has 3 rings (SSSR count). The van der Waals surface area contributed by atoms with Crippen LogP contribution in [-0.4, -0.2) is 23.2 Å². The van der Waals surface area contributed by atoms with Crippen LogP contribution in [0.15, 0.2) is 53.4 Å². The van der Waals surface area contributed by atoms with Gasteiger partial charge in [-0.15, -0.1) is 11.8 Å². The van der Waals surface area contributed by atoms with Crippen LogP contribution in [0, 0.1) is 0 Å². The van der Waals surface area contributed by atoms with Crippen LogP contribution in [0.5, 0.6) is 0 Å². The molecule has 2 aromatic rings. The van der Waals surface area contributed by atoms with Crippen molar-refractivity contribution in [3.05, 3.63) is 64.7 Å². The fourth-order valence-electron chi connectivity index (χ4n) is 2.75. The first-order chi connectivity index (χ1) is 11.7. The minimum atomic E-state index is 0.0853. The molecule has 1 atom stereocenters. The maximum Gasteiger partial charge on any atom is 0.230 e. The highest BCUT2D eigenvalue weighted by atomic mass is 35.5. The first-order valence-electron chi connectivity index (χ1n) is 8.05. The summed E-state index contributed by atoms with van der Waals surface area (Å²) < 4.78 is 0. The molecule has 1 heterocycles. The molecule has 5 heteroatoms. The van der Waals surface area contributed by atoms with Crippen LogP contribution in [-0.2, 0) is 11.2 Å². The van der Waals surface area contributed by atoms with Gasteiger partial charge in [-0.05, 0) is 47.9 Å². The molecular formula is C19H20ClNOS2. The van der Waals surface area contributed by atoms with Crippen molar-refractivity contribution in [2.75, 3.05) is 17.3 Å². The first-order valence-corrected chi connectivity index (χ1v) is 10.6. The molecule has 0 radical (unpaired) electrons. The van der Waals surface area contributed by atoms with E-state index in [0.717, 1.165) is 34.9 Å². The van der Waals surface area contributed by atoms with E-state index in [1.54, 1.807) is 11.8 Å². The molecule has 24 heavy (non-hydrogen) atoms. The number of rotatable bonds is 6. The van der Waals surface area contributed by atoms with Crippen LogP contribution in [0.4, 0.5) is 0 Å². The van der Waals surface area contributed by atoms with E-state index in [1.165, 1.54) is 10.5 Å². The molecule has 126 valence electrons. The fraction of sp³-hybridized carbons (Fsp3) is 0.316. The molecule has 2 aromatic carbocycles. The minimum absolute atomic E-state index is 0.0853. The minimum Gasteiger partial charge on any atom is -0.349 e. The molecule has 1 aliphatic heterocycles. The van der Waals surface area contributed by atoms with E-state index in [1.807, 2.05) is 30.0 Å². The molecule has 1 amide bonds. The third-order valence-electron chi connectivity index (χ3n) is 3.96. The molecule has 2 nitrogen and oxygen atoms in total. The summed E-state index contributed by atoms with van der Waals surface area (Å²) in [7, 11) is 0. The van der Waals surface area contributed by atoms with E-state index >= 15 is 0 Å². The normalized spacial score (nSPS) is 16.5. The largest absolute Gasteiger partial charge is 0.349 e. The van der Waals surface area contributed by atoms with E-state index in [-0.39, 0.29) is 11.9 Å². The summed E-state index contributed by atoms with van der Waals surface area (Å²) in [6.07, 6.45) is 1.95. The Kier molecular flexibility index (Phi) is 6.52. The molecule has 0 aromatic heterocycles. The molecule has 0 aliphatic carbocycles. The average Bonchev–Trinajstić information content (AvgIpc) is 2.60. The second-order valence-corrected chi connectivity index (χ2v) is 8.41. The van der Waals surface area contributed by atoms with Crippen molar-refractivity contribution in [1.82, 2.24) is 5.32 Å². The zero-order valence-corrected chi connectivity index (χ0v) is 15.7. The molecule has 0 spiro atoms. The lowest BCUT2D eigenvalue weighted by Crippen LogP contribution is -2.32. The summed E-state index contributed by atoms with van der Waals surface area (Å²) in [5, 5.41) is 3.90. The van der Waals surface area contributed by atoms with E-state index in [9.17, 15) is 4.79 Å².